The number of anilines is 1. The monoisotopic (exact) mass is 261 g/mol. The van der Waals surface area contributed by atoms with Crippen LogP contribution in [0.2, 0.25) is 0 Å². The number of aromatic nitrogens is 2. The molecule has 1 aromatic carbocycles. The molecule has 6 heteroatoms. The number of benzene rings is 1. The van der Waals surface area contributed by atoms with E-state index in [9.17, 15) is 4.79 Å². The lowest BCUT2D eigenvalue weighted by Crippen LogP contribution is -2.08. The SMILES string of the molecule is Cc1nc(-c2ccc3oc(=O)n(C)c3c2)sc1N. The van der Waals surface area contributed by atoms with Gasteiger partial charge in [0, 0.05) is 12.6 Å². The molecular formula is C12H11N3O2S. The van der Waals surface area contributed by atoms with Gasteiger partial charge in [-0.3, -0.25) is 4.57 Å². The van der Waals surface area contributed by atoms with E-state index in [0.717, 1.165) is 21.8 Å². The lowest BCUT2D eigenvalue weighted by atomic mass is 10.2. The molecule has 2 N–H and O–H groups in total. The number of hydrogen-bond acceptors (Lipinski definition) is 5. The summed E-state index contributed by atoms with van der Waals surface area (Å²) in [6.07, 6.45) is 0. The predicted octanol–water partition coefficient (Wildman–Crippen LogP) is 2.15. The van der Waals surface area contributed by atoms with E-state index in [4.69, 9.17) is 10.2 Å². The van der Waals surface area contributed by atoms with Gasteiger partial charge in [-0.25, -0.2) is 9.78 Å². The van der Waals surface area contributed by atoms with Crippen LogP contribution >= 0.6 is 11.3 Å². The van der Waals surface area contributed by atoms with Crippen LogP contribution in [0.1, 0.15) is 5.69 Å². The van der Waals surface area contributed by atoms with Gasteiger partial charge in [0.1, 0.15) is 10.0 Å². The average Bonchev–Trinajstić information content (AvgIpc) is 2.82. The zero-order chi connectivity index (χ0) is 12.9. The van der Waals surface area contributed by atoms with Crippen molar-refractivity contribution in [2.45, 2.75) is 6.92 Å². The molecule has 92 valence electrons. The molecule has 2 heterocycles. The van der Waals surface area contributed by atoms with Crippen LogP contribution in [0.15, 0.2) is 27.4 Å². The lowest BCUT2D eigenvalue weighted by Gasteiger charge is -1.96. The number of fused-ring (bicyclic) bond motifs is 1. The second kappa shape index (κ2) is 3.71. The van der Waals surface area contributed by atoms with Crippen LogP contribution in [0.3, 0.4) is 0 Å². The molecule has 5 nitrogen and oxygen atoms in total. The highest BCUT2D eigenvalue weighted by molar-refractivity contribution is 7.18. The summed E-state index contributed by atoms with van der Waals surface area (Å²) in [6.45, 7) is 1.88. The van der Waals surface area contributed by atoms with E-state index in [-0.39, 0.29) is 5.76 Å². The van der Waals surface area contributed by atoms with E-state index < -0.39 is 0 Å². The molecule has 0 bridgehead atoms. The van der Waals surface area contributed by atoms with Crippen molar-refractivity contribution in [3.8, 4) is 10.6 Å². The van der Waals surface area contributed by atoms with Crippen LogP contribution in [0, 0.1) is 6.92 Å². The Balaban J connectivity index is 2.24. The maximum atomic E-state index is 11.4. The molecule has 0 saturated heterocycles. The summed E-state index contributed by atoms with van der Waals surface area (Å²) in [5.41, 5.74) is 8.90. The fourth-order valence-corrected chi connectivity index (χ4v) is 2.62. The first-order chi connectivity index (χ1) is 8.56. The molecule has 0 fully saturated rings. The lowest BCUT2D eigenvalue weighted by molar-refractivity contribution is 0.528. The minimum atomic E-state index is -0.364. The average molecular weight is 261 g/mol. The van der Waals surface area contributed by atoms with E-state index in [2.05, 4.69) is 4.98 Å². The van der Waals surface area contributed by atoms with E-state index in [1.54, 1.807) is 13.1 Å². The largest absolute Gasteiger partial charge is 0.419 e. The molecular weight excluding hydrogens is 250 g/mol. The van der Waals surface area contributed by atoms with E-state index in [1.807, 2.05) is 19.1 Å². The van der Waals surface area contributed by atoms with Crippen LogP contribution in [0.4, 0.5) is 5.00 Å². The van der Waals surface area contributed by atoms with Crippen LogP contribution in [0.25, 0.3) is 21.7 Å². The summed E-state index contributed by atoms with van der Waals surface area (Å²) in [7, 11) is 1.68. The summed E-state index contributed by atoms with van der Waals surface area (Å²) < 4.78 is 6.56. The van der Waals surface area contributed by atoms with E-state index in [1.165, 1.54) is 15.9 Å². The number of thiazole rings is 1. The van der Waals surface area contributed by atoms with Crippen LogP contribution in [-0.2, 0) is 7.05 Å². The van der Waals surface area contributed by atoms with Crippen molar-refractivity contribution in [3.63, 3.8) is 0 Å². The molecule has 18 heavy (non-hydrogen) atoms. The second-order valence-electron chi connectivity index (χ2n) is 4.08. The molecule has 0 aliphatic heterocycles. The molecule has 3 aromatic rings. The fourth-order valence-electron chi connectivity index (χ4n) is 1.79. The number of oxazole rings is 1. The minimum Gasteiger partial charge on any atom is -0.408 e. The van der Waals surface area contributed by atoms with Gasteiger partial charge in [0.2, 0.25) is 0 Å². The summed E-state index contributed by atoms with van der Waals surface area (Å²) in [6, 6.07) is 5.54. The van der Waals surface area contributed by atoms with Crippen molar-refractivity contribution in [2.75, 3.05) is 5.73 Å². The van der Waals surface area contributed by atoms with Crippen molar-refractivity contribution >= 4 is 27.4 Å². The van der Waals surface area contributed by atoms with Crippen LogP contribution in [-0.4, -0.2) is 9.55 Å². The number of nitrogens with two attached hydrogens (primary N) is 1. The maximum absolute atomic E-state index is 11.4. The third-order valence-corrected chi connectivity index (χ3v) is 3.91. The minimum absolute atomic E-state index is 0.364. The number of aryl methyl sites for hydroxylation is 2. The Morgan fingerprint density at radius 3 is 2.89 bits per heavy atom. The van der Waals surface area contributed by atoms with Gasteiger partial charge in [-0.2, -0.15) is 0 Å². The molecule has 0 saturated carbocycles. The number of hydrogen-bond donors (Lipinski definition) is 1. The Morgan fingerprint density at radius 2 is 2.22 bits per heavy atom. The molecule has 0 atom stereocenters. The van der Waals surface area contributed by atoms with Gasteiger partial charge in [-0.15, -0.1) is 0 Å². The smallest absolute Gasteiger partial charge is 0.408 e. The highest BCUT2D eigenvalue weighted by Gasteiger charge is 2.11. The summed E-state index contributed by atoms with van der Waals surface area (Å²) in [5, 5.41) is 1.56. The van der Waals surface area contributed by atoms with Gasteiger partial charge in [0.15, 0.2) is 5.58 Å². The molecule has 2 aromatic heterocycles. The highest BCUT2D eigenvalue weighted by atomic mass is 32.1. The summed E-state index contributed by atoms with van der Waals surface area (Å²) >= 11 is 1.44. The maximum Gasteiger partial charge on any atom is 0.419 e. The van der Waals surface area contributed by atoms with Crippen molar-refractivity contribution in [1.82, 2.24) is 9.55 Å². The Labute approximate surface area is 106 Å². The zero-order valence-corrected chi connectivity index (χ0v) is 10.7. The Hall–Kier alpha value is -2.08. The molecule has 0 radical (unpaired) electrons. The van der Waals surface area contributed by atoms with Gasteiger partial charge in [-0.1, -0.05) is 11.3 Å². The van der Waals surface area contributed by atoms with Gasteiger partial charge < -0.3 is 10.2 Å². The number of nitrogens with zero attached hydrogens (tertiary/aromatic N) is 2. The van der Waals surface area contributed by atoms with Crippen molar-refractivity contribution in [2.24, 2.45) is 7.05 Å². The van der Waals surface area contributed by atoms with Crippen LogP contribution < -0.4 is 11.5 Å². The molecule has 3 rings (SSSR count). The Bertz CT molecular complexity index is 778. The van der Waals surface area contributed by atoms with Gasteiger partial charge in [-0.05, 0) is 25.1 Å². The molecule has 0 aliphatic rings. The first-order valence-corrected chi connectivity index (χ1v) is 6.21. The van der Waals surface area contributed by atoms with E-state index >= 15 is 0 Å². The zero-order valence-electron chi connectivity index (χ0n) is 9.93. The number of nitrogen functional groups attached to an aromatic ring is 1. The molecule has 0 unspecified atom stereocenters. The van der Waals surface area contributed by atoms with E-state index in [0.29, 0.717) is 10.6 Å². The molecule has 0 spiro atoms. The normalized spacial score (nSPS) is 11.2. The van der Waals surface area contributed by atoms with Crippen LogP contribution in [0.5, 0.6) is 0 Å². The van der Waals surface area contributed by atoms with Gasteiger partial charge >= 0.3 is 5.76 Å². The third kappa shape index (κ3) is 1.53. The van der Waals surface area contributed by atoms with Crippen molar-refractivity contribution in [1.29, 1.82) is 0 Å². The highest BCUT2D eigenvalue weighted by Crippen LogP contribution is 2.31. The molecule has 0 amide bonds. The molecule has 0 aliphatic carbocycles. The third-order valence-electron chi connectivity index (χ3n) is 2.87. The topological polar surface area (TPSA) is 74.0 Å². The number of rotatable bonds is 1. The Morgan fingerprint density at radius 1 is 1.44 bits per heavy atom. The first-order valence-electron chi connectivity index (χ1n) is 5.39. The standard InChI is InChI=1S/C12H11N3O2S/c1-6-10(13)18-11(14-6)7-3-4-9-8(5-7)15(2)12(16)17-9/h3-5H,13H2,1-2H3. The predicted molar refractivity (Wildman–Crippen MR) is 71.7 cm³/mol. The fraction of sp³-hybridized carbons (Fsp3) is 0.167. The van der Waals surface area contributed by atoms with Gasteiger partial charge in [0.25, 0.3) is 0 Å². The summed E-state index contributed by atoms with van der Waals surface area (Å²) in [5.74, 6) is -0.364. The quantitative estimate of drug-likeness (QED) is 0.728. The Kier molecular flexibility index (Phi) is 2.27. The second-order valence-corrected chi connectivity index (χ2v) is 5.11. The van der Waals surface area contributed by atoms with Crippen molar-refractivity contribution < 1.29 is 4.42 Å². The summed E-state index contributed by atoms with van der Waals surface area (Å²) in [4.78, 5) is 15.8. The van der Waals surface area contributed by atoms with Gasteiger partial charge in [0.05, 0.1) is 11.2 Å². The van der Waals surface area contributed by atoms with Crippen molar-refractivity contribution in [3.05, 3.63) is 34.4 Å². The first kappa shape index (κ1) is 11.0.